The Morgan fingerprint density at radius 3 is 2.16 bits per heavy atom. The molecule has 0 unspecified atom stereocenters. The molecule has 0 aromatic heterocycles. The molecule has 0 spiro atoms. The van der Waals surface area contributed by atoms with Gasteiger partial charge in [-0.15, -0.1) is 0 Å². The third kappa shape index (κ3) is 5.13. The predicted octanol–water partition coefficient (Wildman–Crippen LogP) is 7.46. The quantitative estimate of drug-likeness (QED) is 0.285. The second kappa shape index (κ2) is 11.3. The number of hydrogen-bond donors (Lipinski definition) is 0. The monoisotopic (exact) mass is 675 g/mol. The topological polar surface area (TPSA) is 55.8 Å². The first-order valence-electron chi connectivity index (χ1n) is 13.0. The summed E-state index contributed by atoms with van der Waals surface area (Å²) in [5.41, 5.74) is 5.87. The molecule has 2 aromatic rings. The Morgan fingerprint density at radius 1 is 0.973 bits per heavy atom. The minimum absolute atomic E-state index is 0.168. The van der Waals surface area contributed by atoms with E-state index in [1.165, 1.54) is 0 Å². The van der Waals surface area contributed by atoms with E-state index in [2.05, 4.69) is 56.4 Å². The van der Waals surface area contributed by atoms with E-state index in [1.807, 2.05) is 30.3 Å². The van der Waals surface area contributed by atoms with Crippen molar-refractivity contribution in [2.75, 3.05) is 13.7 Å². The maximum absolute atomic E-state index is 13.5. The molecule has 0 amide bonds. The number of allylic oxidation sites excluding steroid dienone is 4. The van der Waals surface area contributed by atoms with Crippen LogP contribution in [0.3, 0.4) is 0 Å². The highest BCUT2D eigenvalue weighted by Gasteiger charge is 2.43. The lowest BCUT2D eigenvalue weighted by molar-refractivity contribution is -0.117. The largest absolute Gasteiger partial charge is 0.493 e. The fraction of sp³-hybridized carbons (Fsp3) is 0.400. The second-order valence-corrected chi connectivity index (χ2v) is 11.9. The predicted molar refractivity (Wildman–Crippen MR) is 156 cm³/mol. The minimum atomic E-state index is -0.346. The van der Waals surface area contributed by atoms with Crippen molar-refractivity contribution in [1.29, 1.82) is 0 Å². The van der Waals surface area contributed by atoms with Crippen molar-refractivity contribution in [3.05, 3.63) is 78.1 Å². The van der Waals surface area contributed by atoms with Crippen LogP contribution < -0.4 is 9.47 Å². The third-order valence-corrected chi connectivity index (χ3v) is 8.75. The summed E-state index contributed by atoms with van der Waals surface area (Å²) in [5, 5.41) is 0. The van der Waals surface area contributed by atoms with E-state index in [4.69, 9.17) is 9.47 Å². The summed E-state index contributed by atoms with van der Waals surface area (Å²) >= 11 is 5.75. The van der Waals surface area contributed by atoms with Crippen LogP contribution in [-0.4, -0.2) is 30.1 Å². The molecule has 5 rings (SSSR count). The number of benzene rings is 2. The molecule has 0 saturated heterocycles. The van der Waals surface area contributed by atoms with Gasteiger partial charge in [-0.2, -0.15) is 0 Å². The number of Topliss-reactive ketones (excluding diaryl/α,β-unsaturated/α-hetero) is 2. The van der Waals surface area contributed by atoms with Gasteiger partial charge in [-0.1, -0.05) is 35.0 Å². The number of methoxy groups -OCH3 is 1. The average Bonchev–Trinajstić information content (AvgIpc) is 2.89. The Hall–Kier alpha value is -2.13. The first-order valence-corrected chi connectivity index (χ1v) is 14.8. The van der Waals surface area contributed by atoms with Gasteiger partial charge in [0.1, 0.15) is 6.61 Å². The number of carbonyl (C=O) groups excluding carboxylic acids is 2. The van der Waals surface area contributed by atoms with Gasteiger partial charge in [0.25, 0.3) is 0 Å². The van der Waals surface area contributed by atoms with Crippen LogP contribution in [0.1, 0.15) is 68.9 Å². The first kappa shape index (κ1) is 26.5. The highest BCUT2D eigenvalue weighted by molar-refractivity contribution is 14.1. The van der Waals surface area contributed by atoms with Crippen molar-refractivity contribution in [3.63, 3.8) is 0 Å². The van der Waals surface area contributed by atoms with Crippen LogP contribution in [0.25, 0.3) is 0 Å². The number of ketones is 2. The van der Waals surface area contributed by atoms with E-state index >= 15 is 0 Å². The van der Waals surface area contributed by atoms with Gasteiger partial charge < -0.3 is 14.4 Å². The lowest BCUT2D eigenvalue weighted by atomic mass is 9.71. The van der Waals surface area contributed by atoms with Gasteiger partial charge in [-0.3, -0.25) is 9.59 Å². The molecule has 0 atom stereocenters. The zero-order chi connectivity index (χ0) is 26.1. The molecule has 0 radical (unpaired) electrons. The van der Waals surface area contributed by atoms with E-state index < -0.39 is 0 Å². The number of ether oxygens (including phenoxy) is 2. The van der Waals surface area contributed by atoms with Crippen molar-refractivity contribution < 1.29 is 19.1 Å². The molecule has 0 fully saturated rings. The smallest absolute Gasteiger partial charge is 0.174 e. The van der Waals surface area contributed by atoms with Gasteiger partial charge >= 0.3 is 0 Å². The molecule has 1 heterocycles. The molecule has 7 heteroatoms. The summed E-state index contributed by atoms with van der Waals surface area (Å²) in [5.74, 6) is 1.28. The number of halogens is 2. The normalized spacial score (nSPS) is 18.2. The Balaban J connectivity index is 1.59. The number of carbonyl (C=O) groups is 2. The average molecular weight is 676 g/mol. The van der Waals surface area contributed by atoms with Crippen molar-refractivity contribution in [2.24, 2.45) is 0 Å². The van der Waals surface area contributed by atoms with Crippen molar-refractivity contribution >= 4 is 50.1 Å². The van der Waals surface area contributed by atoms with E-state index in [-0.39, 0.29) is 17.5 Å². The lowest BCUT2D eigenvalue weighted by Crippen LogP contribution is -2.39. The van der Waals surface area contributed by atoms with E-state index in [1.54, 1.807) is 7.11 Å². The highest BCUT2D eigenvalue weighted by atomic mass is 127. The van der Waals surface area contributed by atoms with E-state index in [0.717, 1.165) is 80.4 Å². The van der Waals surface area contributed by atoms with Gasteiger partial charge in [0.2, 0.25) is 0 Å². The zero-order valence-corrected chi connectivity index (χ0v) is 25.0. The number of nitrogens with zero attached hydrogens (tertiary/aromatic N) is 1. The summed E-state index contributed by atoms with van der Waals surface area (Å²) in [6, 6.07) is 12.1. The van der Waals surface area contributed by atoms with Crippen molar-refractivity contribution in [3.8, 4) is 11.5 Å². The van der Waals surface area contributed by atoms with Crippen LogP contribution in [-0.2, 0) is 16.2 Å². The molecule has 1 aliphatic heterocycles. The maximum atomic E-state index is 13.5. The number of hydrogen-bond acceptors (Lipinski definition) is 5. The third-order valence-electron chi connectivity index (χ3n) is 7.42. The van der Waals surface area contributed by atoms with Crippen LogP contribution in [0.4, 0.5) is 0 Å². The Bertz CT molecular complexity index is 1250. The summed E-state index contributed by atoms with van der Waals surface area (Å²) < 4.78 is 13.9. The Kier molecular flexibility index (Phi) is 8.10. The van der Waals surface area contributed by atoms with E-state index in [0.29, 0.717) is 30.9 Å². The van der Waals surface area contributed by atoms with Gasteiger partial charge in [-0.25, -0.2) is 0 Å². The molecular weight excluding hydrogens is 645 g/mol. The summed E-state index contributed by atoms with van der Waals surface area (Å²) in [7, 11) is 1.64. The SMILES string of the molecule is CCCN1C2=C(C(=O)CCC2)C(c2cc(I)c(OCc3ccc(Br)cc3)c(OC)c2)C2=C1CCCC2=O. The van der Waals surface area contributed by atoms with Crippen LogP contribution in [0.2, 0.25) is 0 Å². The molecule has 2 aromatic carbocycles. The lowest BCUT2D eigenvalue weighted by Gasteiger charge is -2.44. The molecule has 194 valence electrons. The Morgan fingerprint density at radius 2 is 1.59 bits per heavy atom. The molecule has 0 N–H and O–H groups in total. The zero-order valence-electron chi connectivity index (χ0n) is 21.2. The fourth-order valence-corrected chi connectivity index (χ4v) is 6.87. The molecule has 5 nitrogen and oxygen atoms in total. The van der Waals surface area contributed by atoms with Gasteiger partial charge in [0, 0.05) is 52.3 Å². The summed E-state index contributed by atoms with van der Waals surface area (Å²) in [6.07, 6.45) is 5.53. The summed E-state index contributed by atoms with van der Waals surface area (Å²) in [4.78, 5) is 29.2. The maximum Gasteiger partial charge on any atom is 0.174 e. The number of rotatable bonds is 7. The Labute approximate surface area is 240 Å². The molecular formula is C30H31BrINO4. The molecule has 37 heavy (non-hydrogen) atoms. The minimum Gasteiger partial charge on any atom is -0.493 e. The van der Waals surface area contributed by atoms with Gasteiger partial charge in [0.15, 0.2) is 23.1 Å². The molecule has 2 aliphatic carbocycles. The highest BCUT2D eigenvalue weighted by Crippen LogP contribution is 2.50. The van der Waals surface area contributed by atoms with Crippen molar-refractivity contribution in [2.45, 2.75) is 64.4 Å². The van der Waals surface area contributed by atoms with Crippen LogP contribution >= 0.6 is 38.5 Å². The van der Waals surface area contributed by atoms with Crippen LogP contribution in [0.15, 0.2) is 63.4 Å². The van der Waals surface area contributed by atoms with Crippen molar-refractivity contribution in [1.82, 2.24) is 4.90 Å². The molecule has 0 saturated carbocycles. The molecule has 0 bridgehead atoms. The summed E-state index contributed by atoms with van der Waals surface area (Å²) in [6.45, 7) is 3.41. The fourth-order valence-electron chi connectivity index (χ4n) is 5.83. The van der Waals surface area contributed by atoms with Crippen LogP contribution in [0, 0.1) is 3.57 Å². The van der Waals surface area contributed by atoms with Gasteiger partial charge in [-0.05, 0) is 90.1 Å². The molecule has 3 aliphatic rings. The van der Waals surface area contributed by atoms with E-state index in [9.17, 15) is 9.59 Å². The van der Waals surface area contributed by atoms with Crippen LogP contribution in [0.5, 0.6) is 11.5 Å². The first-order chi connectivity index (χ1) is 17.9. The standard InChI is InChI=1S/C30H31BrINO4/c1-3-14-33-22-6-4-8-24(34)28(22)27(29-23(33)7-5-9-25(29)35)19-15-21(32)30(26(16-19)36-2)37-17-18-10-12-20(31)13-11-18/h10-13,15-16,27H,3-9,14,17H2,1-2H3. The van der Waals surface area contributed by atoms with Gasteiger partial charge in [0.05, 0.1) is 10.7 Å². The second-order valence-electron chi connectivity index (χ2n) is 9.81.